The van der Waals surface area contributed by atoms with Gasteiger partial charge in [-0.15, -0.1) is 0 Å². The van der Waals surface area contributed by atoms with E-state index in [2.05, 4.69) is 25.8 Å². The molecule has 0 saturated carbocycles. The number of carboxylic acid groups (broad SMARTS) is 1. The van der Waals surface area contributed by atoms with E-state index in [0.29, 0.717) is 18.7 Å². The van der Waals surface area contributed by atoms with Gasteiger partial charge in [-0.1, -0.05) is 15.9 Å². The van der Waals surface area contributed by atoms with Crippen molar-refractivity contribution in [3.8, 4) is 0 Å². The highest BCUT2D eigenvalue weighted by Crippen LogP contribution is 2.31. The van der Waals surface area contributed by atoms with Crippen LogP contribution < -0.4 is 4.90 Å². The fraction of sp³-hybridized carbons (Fsp3) is 0.273. The highest BCUT2D eigenvalue weighted by Gasteiger charge is 2.32. The maximum Gasteiger partial charge on any atom is 0.325 e. The van der Waals surface area contributed by atoms with Crippen LogP contribution in [0.4, 0.5) is 5.69 Å². The van der Waals surface area contributed by atoms with E-state index < -0.39 is 12.0 Å². The number of nitrogens with zero attached hydrogens (tertiary/aromatic N) is 2. The van der Waals surface area contributed by atoms with Gasteiger partial charge >= 0.3 is 5.97 Å². The van der Waals surface area contributed by atoms with Gasteiger partial charge in [0.05, 0.1) is 0 Å². The van der Waals surface area contributed by atoms with Gasteiger partial charge in [-0.05, 0) is 49.4 Å². The number of hydrogen-bond acceptors (Lipinski definition) is 4. The van der Waals surface area contributed by atoms with Crippen LogP contribution in [-0.2, 0) is 4.79 Å². The number of hydrogen-bond donors (Lipinski definition) is 2. The van der Waals surface area contributed by atoms with Gasteiger partial charge < -0.3 is 15.0 Å². The van der Waals surface area contributed by atoms with E-state index in [1.807, 2.05) is 53.6 Å². The molecular weight excluding hydrogens is 434 g/mol. The molecule has 1 saturated heterocycles. The number of halogens is 1. The molecule has 7 heteroatoms. The van der Waals surface area contributed by atoms with Gasteiger partial charge in [0, 0.05) is 64.6 Å². The Balaban J connectivity index is 1.53. The molecule has 150 valence electrons. The summed E-state index contributed by atoms with van der Waals surface area (Å²) >= 11 is 3.48. The summed E-state index contributed by atoms with van der Waals surface area (Å²) in [6.07, 6.45) is 1.81. The van der Waals surface area contributed by atoms with Crippen LogP contribution in [0.5, 0.6) is 0 Å². The number of nitrogens with one attached hydrogen (secondary N) is 1. The molecule has 4 rings (SSSR count). The number of carbonyl (C=O) groups excluding carboxylic acids is 1. The average molecular weight is 456 g/mol. The Morgan fingerprint density at radius 3 is 2.38 bits per heavy atom. The number of fused-ring (bicyclic) bond motifs is 1. The zero-order valence-corrected chi connectivity index (χ0v) is 17.6. The summed E-state index contributed by atoms with van der Waals surface area (Å²) in [6.45, 7) is 4.31. The van der Waals surface area contributed by atoms with Gasteiger partial charge in [0.25, 0.3) is 0 Å². The van der Waals surface area contributed by atoms with Crippen molar-refractivity contribution in [2.24, 2.45) is 0 Å². The first-order chi connectivity index (χ1) is 13.9. The predicted octanol–water partition coefficient (Wildman–Crippen LogP) is 4.08. The zero-order valence-electron chi connectivity index (χ0n) is 16.1. The largest absolute Gasteiger partial charge is 0.480 e. The molecular formula is C22H22BrN3O3. The molecule has 3 aromatic rings. The highest BCUT2D eigenvalue weighted by molar-refractivity contribution is 9.10. The van der Waals surface area contributed by atoms with Gasteiger partial charge in [0.15, 0.2) is 5.78 Å². The van der Waals surface area contributed by atoms with E-state index >= 15 is 0 Å². The van der Waals surface area contributed by atoms with Crippen molar-refractivity contribution in [2.75, 3.05) is 31.1 Å². The zero-order chi connectivity index (χ0) is 20.5. The Morgan fingerprint density at radius 1 is 1.07 bits per heavy atom. The van der Waals surface area contributed by atoms with Gasteiger partial charge in [-0.25, -0.2) is 0 Å². The average Bonchev–Trinajstić information content (AvgIpc) is 3.11. The first-order valence-corrected chi connectivity index (χ1v) is 10.3. The first-order valence-electron chi connectivity index (χ1n) is 9.53. The molecule has 6 nitrogen and oxygen atoms in total. The van der Waals surface area contributed by atoms with Crippen LogP contribution in [0.2, 0.25) is 0 Å². The van der Waals surface area contributed by atoms with E-state index in [0.717, 1.165) is 39.7 Å². The summed E-state index contributed by atoms with van der Waals surface area (Å²) in [6, 6.07) is 12.8. The molecule has 1 atom stereocenters. The van der Waals surface area contributed by atoms with Crippen molar-refractivity contribution in [3.05, 3.63) is 64.3 Å². The number of carboxylic acids is 1. The quantitative estimate of drug-likeness (QED) is 0.566. The number of aromatic amines is 1. The normalized spacial score (nSPS) is 16.1. The third-order valence-electron chi connectivity index (χ3n) is 5.52. The number of anilines is 1. The fourth-order valence-electron chi connectivity index (χ4n) is 3.97. The van der Waals surface area contributed by atoms with Crippen molar-refractivity contribution >= 4 is 44.3 Å². The maximum absolute atomic E-state index is 12.2. The molecule has 0 amide bonds. The van der Waals surface area contributed by atoms with Crippen molar-refractivity contribution in [1.82, 2.24) is 9.88 Å². The third-order valence-corrected chi connectivity index (χ3v) is 6.02. The summed E-state index contributed by atoms with van der Waals surface area (Å²) in [5, 5.41) is 10.9. The van der Waals surface area contributed by atoms with Gasteiger partial charge in [-0.2, -0.15) is 0 Å². The number of Topliss-reactive ketones (excluding diaryl/α,β-unsaturated/α-hetero) is 1. The number of benzene rings is 2. The Hall–Kier alpha value is -2.64. The summed E-state index contributed by atoms with van der Waals surface area (Å²) in [7, 11) is 0. The predicted molar refractivity (Wildman–Crippen MR) is 117 cm³/mol. The second-order valence-corrected chi connectivity index (χ2v) is 8.22. The Labute approximate surface area is 177 Å². The van der Waals surface area contributed by atoms with E-state index in [4.69, 9.17) is 0 Å². The lowest BCUT2D eigenvalue weighted by Crippen LogP contribution is -2.49. The van der Waals surface area contributed by atoms with Crippen molar-refractivity contribution in [3.63, 3.8) is 0 Å². The standard InChI is InChI=1S/C22H22BrN3O3/c1-14(27)15-2-5-17(6-3-15)25-8-10-26(11-9-25)21(22(28)29)19-13-24-20-7-4-16(23)12-18(19)20/h2-7,12-13,21,24H,8-11H2,1H3,(H,28,29)/t21-/m1/s1. The summed E-state index contributed by atoms with van der Waals surface area (Å²) in [5.41, 5.74) is 3.47. The van der Waals surface area contributed by atoms with E-state index in [9.17, 15) is 14.7 Å². The van der Waals surface area contributed by atoms with Crippen molar-refractivity contribution < 1.29 is 14.7 Å². The van der Waals surface area contributed by atoms with Crippen LogP contribution in [-0.4, -0.2) is 52.9 Å². The highest BCUT2D eigenvalue weighted by atomic mass is 79.9. The second kappa shape index (κ2) is 8.00. The lowest BCUT2D eigenvalue weighted by molar-refractivity contribution is -0.143. The SMILES string of the molecule is CC(=O)c1ccc(N2CCN([C@@H](C(=O)O)c3c[nH]c4ccc(Br)cc34)CC2)cc1. The summed E-state index contributed by atoms with van der Waals surface area (Å²) in [5.74, 6) is -0.791. The van der Waals surface area contributed by atoms with Gasteiger partial charge in [-0.3, -0.25) is 14.5 Å². The van der Waals surface area contributed by atoms with Crippen LogP contribution in [0.1, 0.15) is 28.9 Å². The van der Waals surface area contributed by atoms with Crippen LogP contribution >= 0.6 is 15.9 Å². The van der Waals surface area contributed by atoms with Crippen molar-refractivity contribution in [1.29, 1.82) is 0 Å². The van der Waals surface area contributed by atoms with E-state index in [-0.39, 0.29) is 5.78 Å². The number of rotatable bonds is 5. The monoisotopic (exact) mass is 455 g/mol. The number of aromatic nitrogens is 1. The number of piperazine rings is 1. The molecule has 1 aromatic heterocycles. The van der Waals surface area contributed by atoms with Crippen LogP contribution in [0.3, 0.4) is 0 Å². The Kier molecular flexibility index (Phi) is 5.43. The minimum Gasteiger partial charge on any atom is -0.480 e. The topological polar surface area (TPSA) is 76.6 Å². The molecule has 0 unspecified atom stereocenters. The minimum absolute atomic E-state index is 0.0519. The molecule has 0 radical (unpaired) electrons. The molecule has 1 fully saturated rings. The second-order valence-electron chi connectivity index (χ2n) is 7.30. The minimum atomic E-state index is -0.842. The van der Waals surface area contributed by atoms with Gasteiger partial charge in [0.2, 0.25) is 0 Å². The molecule has 0 aliphatic carbocycles. The molecule has 29 heavy (non-hydrogen) atoms. The molecule has 1 aliphatic heterocycles. The molecule has 0 bridgehead atoms. The fourth-order valence-corrected chi connectivity index (χ4v) is 4.33. The third kappa shape index (κ3) is 3.93. The molecule has 2 aromatic carbocycles. The van der Waals surface area contributed by atoms with E-state index in [1.54, 1.807) is 6.92 Å². The molecule has 1 aliphatic rings. The Bertz CT molecular complexity index is 1050. The number of carbonyl (C=O) groups is 2. The smallest absolute Gasteiger partial charge is 0.325 e. The number of H-pyrrole nitrogens is 1. The molecule has 2 heterocycles. The maximum atomic E-state index is 12.2. The van der Waals surface area contributed by atoms with E-state index in [1.165, 1.54) is 0 Å². The summed E-state index contributed by atoms with van der Waals surface area (Å²) in [4.78, 5) is 31.1. The molecule has 0 spiro atoms. The number of ketones is 1. The first kappa shape index (κ1) is 19.7. The Morgan fingerprint density at radius 2 is 1.76 bits per heavy atom. The van der Waals surface area contributed by atoms with Crippen LogP contribution in [0, 0.1) is 0 Å². The van der Waals surface area contributed by atoms with Gasteiger partial charge in [0.1, 0.15) is 6.04 Å². The lowest BCUT2D eigenvalue weighted by atomic mass is 10.0. The molecule has 2 N–H and O–H groups in total. The van der Waals surface area contributed by atoms with Crippen LogP contribution in [0.25, 0.3) is 10.9 Å². The summed E-state index contributed by atoms with van der Waals surface area (Å²) < 4.78 is 0.925. The lowest BCUT2D eigenvalue weighted by Gasteiger charge is -2.38. The van der Waals surface area contributed by atoms with Crippen molar-refractivity contribution in [2.45, 2.75) is 13.0 Å². The van der Waals surface area contributed by atoms with Crippen LogP contribution in [0.15, 0.2) is 53.1 Å². The number of aliphatic carboxylic acids is 1.